The second-order valence-corrected chi connectivity index (χ2v) is 10.8. The summed E-state index contributed by atoms with van der Waals surface area (Å²) in [6.07, 6.45) is 0. The van der Waals surface area contributed by atoms with Crippen molar-refractivity contribution in [3.05, 3.63) is 155 Å². The van der Waals surface area contributed by atoms with E-state index in [1.165, 1.54) is 11.1 Å². The SMILES string of the molecule is Cc1ccc(C(C)C)cc1.Cc1ccc(S(=O)(=O)[N-][C@@H](c2ccccc2)[C@@H]([NH-])c2ccccc2)cc1.[CH3-].[Ru+3]. The van der Waals surface area contributed by atoms with Gasteiger partial charge in [-0.15, -0.1) is 12.1 Å². The topological polar surface area (TPSA) is 72.0 Å². The molecule has 6 heteroatoms. The van der Waals surface area contributed by atoms with E-state index < -0.39 is 22.1 Å². The van der Waals surface area contributed by atoms with Gasteiger partial charge in [0.05, 0.1) is 0 Å². The van der Waals surface area contributed by atoms with Gasteiger partial charge < -0.3 is 17.9 Å². The number of nitrogens with one attached hydrogen (secondary N) is 1. The van der Waals surface area contributed by atoms with Gasteiger partial charge >= 0.3 is 19.5 Å². The van der Waals surface area contributed by atoms with Crippen LogP contribution in [-0.4, -0.2) is 8.42 Å². The van der Waals surface area contributed by atoms with E-state index in [4.69, 9.17) is 5.73 Å². The molecule has 0 aliphatic heterocycles. The van der Waals surface area contributed by atoms with E-state index >= 15 is 0 Å². The van der Waals surface area contributed by atoms with Crippen LogP contribution in [0.2, 0.25) is 0 Å². The third-order valence-electron chi connectivity index (χ3n) is 5.93. The van der Waals surface area contributed by atoms with Crippen molar-refractivity contribution in [2.45, 2.75) is 50.6 Å². The summed E-state index contributed by atoms with van der Waals surface area (Å²) in [6, 6.07) is 32.0. The van der Waals surface area contributed by atoms with Crippen LogP contribution >= 0.6 is 0 Å². The number of sulfonamides is 1. The average molecular weight is 615 g/mol. The van der Waals surface area contributed by atoms with Gasteiger partial charge in [0.25, 0.3) is 0 Å². The van der Waals surface area contributed by atoms with E-state index in [9.17, 15) is 8.42 Å². The molecule has 38 heavy (non-hydrogen) atoms. The molecule has 0 aliphatic rings. The molecule has 0 saturated carbocycles. The molecule has 4 rings (SSSR count). The molecular weight excluding hydrogens is 578 g/mol. The van der Waals surface area contributed by atoms with Crippen LogP contribution in [0.15, 0.2) is 114 Å². The molecule has 0 spiro atoms. The van der Waals surface area contributed by atoms with Crippen LogP contribution in [0.1, 0.15) is 59.7 Å². The second-order valence-electron chi connectivity index (χ2n) is 9.20. The van der Waals surface area contributed by atoms with E-state index in [0.717, 1.165) is 11.1 Å². The van der Waals surface area contributed by atoms with Crippen LogP contribution in [0.25, 0.3) is 10.5 Å². The Hall–Kier alpha value is -2.63. The third-order valence-corrected chi connectivity index (χ3v) is 7.30. The minimum Gasteiger partial charge on any atom is -0.672 e. The van der Waals surface area contributed by atoms with Gasteiger partial charge in [-0.1, -0.05) is 133 Å². The summed E-state index contributed by atoms with van der Waals surface area (Å²) < 4.78 is 29.8. The zero-order chi connectivity index (χ0) is 26.1. The van der Waals surface area contributed by atoms with Crippen molar-refractivity contribution in [3.8, 4) is 0 Å². The predicted octanol–water partition coefficient (Wildman–Crippen LogP) is 9.16. The van der Waals surface area contributed by atoms with Crippen molar-refractivity contribution in [1.82, 2.24) is 0 Å². The third kappa shape index (κ3) is 9.60. The van der Waals surface area contributed by atoms with Gasteiger partial charge in [0, 0.05) is 4.90 Å². The summed E-state index contributed by atoms with van der Waals surface area (Å²) >= 11 is 0. The fourth-order valence-corrected chi connectivity index (χ4v) is 4.82. The minimum atomic E-state index is -3.87. The summed E-state index contributed by atoms with van der Waals surface area (Å²) in [7, 11) is -3.87. The smallest absolute Gasteiger partial charge is 0.672 e. The molecule has 0 bridgehead atoms. The fraction of sp³-hybridized carbons (Fsp3) is 0.219. The van der Waals surface area contributed by atoms with Crippen molar-refractivity contribution in [2.75, 3.05) is 0 Å². The Morgan fingerprint density at radius 3 is 1.50 bits per heavy atom. The van der Waals surface area contributed by atoms with E-state index in [1.807, 2.05) is 67.6 Å². The van der Waals surface area contributed by atoms with Crippen LogP contribution in [0.4, 0.5) is 0 Å². The molecule has 4 nitrogen and oxygen atoms in total. The number of aryl methyl sites for hydroxylation is 2. The number of hydrogen-bond acceptors (Lipinski definition) is 2. The molecule has 4 aromatic carbocycles. The maximum atomic E-state index is 12.8. The largest absolute Gasteiger partial charge is 3.00 e. The van der Waals surface area contributed by atoms with Gasteiger partial charge in [0.15, 0.2) is 0 Å². The monoisotopic (exact) mass is 615 g/mol. The predicted molar refractivity (Wildman–Crippen MR) is 156 cm³/mol. The normalized spacial score (nSPS) is 12.3. The molecule has 4 aromatic rings. The molecule has 0 amide bonds. The van der Waals surface area contributed by atoms with Crippen LogP contribution in [0.3, 0.4) is 0 Å². The van der Waals surface area contributed by atoms with E-state index in [2.05, 4.69) is 49.8 Å². The summed E-state index contributed by atoms with van der Waals surface area (Å²) in [4.78, 5) is 0.143. The molecule has 0 saturated heterocycles. The molecule has 0 heterocycles. The molecule has 1 N–H and O–H groups in total. The maximum Gasteiger partial charge on any atom is 3.00 e. The van der Waals surface area contributed by atoms with Crippen LogP contribution < -0.4 is 0 Å². The Kier molecular flexibility index (Phi) is 13.8. The Bertz CT molecular complexity index is 1310. The number of nitrogens with zero attached hydrogens (tertiary/aromatic N) is 1. The van der Waals surface area contributed by atoms with Crippen molar-refractivity contribution in [2.24, 2.45) is 0 Å². The summed E-state index contributed by atoms with van der Waals surface area (Å²) in [5, 5.41) is 0. The molecule has 2 atom stereocenters. The zero-order valence-corrected chi connectivity index (χ0v) is 25.2. The molecule has 1 radical (unpaired) electrons. The molecule has 0 aliphatic carbocycles. The van der Waals surface area contributed by atoms with Crippen LogP contribution in [0, 0.1) is 21.3 Å². The average Bonchev–Trinajstić information content (AvgIpc) is 2.89. The first kappa shape index (κ1) is 33.4. The van der Waals surface area contributed by atoms with Crippen molar-refractivity contribution < 1.29 is 27.9 Å². The Morgan fingerprint density at radius 1 is 0.632 bits per heavy atom. The van der Waals surface area contributed by atoms with Crippen LogP contribution in [0.5, 0.6) is 0 Å². The molecular formula is C32H37N2O2RuS. The molecule has 0 aromatic heterocycles. The van der Waals surface area contributed by atoms with Gasteiger partial charge in [-0.2, -0.15) is 0 Å². The Labute approximate surface area is 242 Å². The zero-order valence-electron chi connectivity index (χ0n) is 22.6. The number of rotatable bonds is 7. The summed E-state index contributed by atoms with van der Waals surface area (Å²) in [5.74, 6) is 0.653. The standard InChI is InChI=1S/C21H20N2O2S.C10H14.CH3.Ru/c1-16-12-14-19(15-13-16)26(24,25)23-21(18-10-6-3-7-11-18)20(22)17-8-4-2-5-9-17;1-8(2)10-6-4-9(3)5-7-10;;/h2-15,20-22H,1H3;4-8H,1-3H3;1H3;/q-2;;-1;+3/t20-,21-;;;/m0.../s1. The number of benzene rings is 4. The quantitative estimate of drug-likeness (QED) is 0.154. The Morgan fingerprint density at radius 2 is 1.05 bits per heavy atom. The van der Waals surface area contributed by atoms with Crippen molar-refractivity contribution >= 4 is 10.0 Å². The molecule has 0 fully saturated rings. The minimum absolute atomic E-state index is 0. The second kappa shape index (κ2) is 15.7. The molecule has 0 unspecified atom stereocenters. The van der Waals surface area contributed by atoms with Crippen molar-refractivity contribution in [1.29, 1.82) is 0 Å². The van der Waals surface area contributed by atoms with E-state index in [0.29, 0.717) is 11.5 Å². The van der Waals surface area contributed by atoms with Gasteiger partial charge in [-0.25, -0.2) is 8.42 Å². The first-order valence-electron chi connectivity index (χ1n) is 12.1. The van der Waals surface area contributed by atoms with E-state index in [-0.39, 0.29) is 31.8 Å². The summed E-state index contributed by atoms with van der Waals surface area (Å²) in [5.41, 5.74) is 13.8. The number of hydrogen-bond donors (Lipinski definition) is 0. The fourth-order valence-electron chi connectivity index (χ4n) is 3.68. The Balaban J connectivity index is 0.000000511. The first-order chi connectivity index (χ1) is 17.2. The van der Waals surface area contributed by atoms with Gasteiger partial charge in [0.2, 0.25) is 0 Å². The van der Waals surface area contributed by atoms with E-state index in [1.54, 1.807) is 24.3 Å². The summed E-state index contributed by atoms with van der Waals surface area (Å²) in [6.45, 7) is 8.44. The van der Waals surface area contributed by atoms with Crippen molar-refractivity contribution in [3.63, 3.8) is 0 Å². The first-order valence-corrected chi connectivity index (χ1v) is 13.5. The van der Waals surface area contributed by atoms with Gasteiger partial charge in [0.1, 0.15) is 10.0 Å². The van der Waals surface area contributed by atoms with Crippen LogP contribution in [-0.2, 0) is 29.5 Å². The maximum absolute atomic E-state index is 12.8. The van der Waals surface area contributed by atoms with Gasteiger partial charge in [-0.3, -0.25) is 0 Å². The molecule has 201 valence electrons. The van der Waals surface area contributed by atoms with Gasteiger partial charge in [-0.05, 0) is 37.5 Å².